The first kappa shape index (κ1) is 12.2. The van der Waals surface area contributed by atoms with Crippen LogP contribution >= 0.6 is 0 Å². The molecule has 0 fully saturated rings. The van der Waals surface area contributed by atoms with Gasteiger partial charge < -0.3 is 16.0 Å². The molecular formula is C7H15F2N3O. The van der Waals surface area contributed by atoms with Crippen molar-refractivity contribution in [3.63, 3.8) is 0 Å². The van der Waals surface area contributed by atoms with Crippen molar-refractivity contribution in [1.29, 1.82) is 0 Å². The molecule has 0 unspecified atom stereocenters. The second-order valence-electron chi connectivity index (χ2n) is 3.07. The maximum absolute atomic E-state index is 12.5. The minimum absolute atomic E-state index is 0.0979. The van der Waals surface area contributed by atoms with Gasteiger partial charge in [-0.15, -0.1) is 0 Å². The minimum atomic E-state index is -3.01. The Morgan fingerprint density at radius 2 is 2.08 bits per heavy atom. The lowest BCUT2D eigenvalue weighted by molar-refractivity contribution is -0.123. The monoisotopic (exact) mass is 195 g/mol. The van der Waals surface area contributed by atoms with Gasteiger partial charge in [-0.25, -0.2) is 8.78 Å². The number of carbonyl (C=O) groups is 1. The molecule has 0 aromatic rings. The molecule has 0 aromatic carbocycles. The molecule has 0 rings (SSSR count). The summed E-state index contributed by atoms with van der Waals surface area (Å²) >= 11 is 0. The van der Waals surface area contributed by atoms with Crippen LogP contribution in [0.2, 0.25) is 0 Å². The predicted molar refractivity (Wildman–Crippen MR) is 45.6 cm³/mol. The summed E-state index contributed by atoms with van der Waals surface area (Å²) in [7, 11) is 3.36. The zero-order valence-corrected chi connectivity index (χ0v) is 7.81. The number of hydrogen-bond acceptors (Lipinski definition) is 3. The van der Waals surface area contributed by atoms with Gasteiger partial charge in [-0.05, 0) is 14.1 Å². The molecule has 0 bridgehead atoms. The van der Waals surface area contributed by atoms with Crippen LogP contribution < -0.4 is 11.1 Å². The first-order valence-corrected chi connectivity index (χ1v) is 3.87. The van der Waals surface area contributed by atoms with Crippen LogP contribution in [0.15, 0.2) is 0 Å². The molecule has 78 valence electrons. The van der Waals surface area contributed by atoms with E-state index in [1.807, 2.05) is 0 Å². The van der Waals surface area contributed by atoms with Gasteiger partial charge in [0.2, 0.25) is 5.91 Å². The Morgan fingerprint density at radius 3 is 2.46 bits per heavy atom. The molecule has 0 saturated carbocycles. The summed E-state index contributed by atoms with van der Waals surface area (Å²) < 4.78 is 25.0. The van der Waals surface area contributed by atoms with Crippen molar-refractivity contribution in [2.45, 2.75) is 5.92 Å². The topological polar surface area (TPSA) is 58.4 Å². The van der Waals surface area contributed by atoms with Crippen LogP contribution in [0.1, 0.15) is 0 Å². The number of nitrogens with two attached hydrogens (primary N) is 1. The molecule has 0 saturated heterocycles. The Kier molecular flexibility index (Phi) is 4.79. The van der Waals surface area contributed by atoms with Crippen LogP contribution in [0.3, 0.4) is 0 Å². The summed E-state index contributed by atoms with van der Waals surface area (Å²) in [5.41, 5.74) is 4.78. The molecular weight excluding hydrogens is 180 g/mol. The molecule has 4 nitrogen and oxygen atoms in total. The van der Waals surface area contributed by atoms with Gasteiger partial charge in [-0.2, -0.15) is 0 Å². The lowest BCUT2D eigenvalue weighted by atomic mass is 10.3. The van der Waals surface area contributed by atoms with E-state index in [2.05, 4.69) is 5.32 Å². The van der Waals surface area contributed by atoms with Gasteiger partial charge >= 0.3 is 0 Å². The van der Waals surface area contributed by atoms with Crippen molar-refractivity contribution in [3.8, 4) is 0 Å². The second-order valence-corrected chi connectivity index (χ2v) is 3.07. The average Bonchev–Trinajstić information content (AvgIpc) is 2.00. The number of nitrogens with zero attached hydrogens (tertiary/aromatic N) is 1. The Labute approximate surface area is 76.1 Å². The van der Waals surface area contributed by atoms with Crippen LogP contribution in [-0.4, -0.2) is 50.5 Å². The lowest BCUT2D eigenvalue weighted by Gasteiger charge is -2.15. The van der Waals surface area contributed by atoms with Crippen molar-refractivity contribution in [3.05, 3.63) is 0 Å². The maximum Gasteiger partial charge on any atom is 0.277 e. The van der Waals surface area contributed by atoms with Crippen LogP contribution in [0, 0.1) is 0 Å². The zero-order valence-electron chi connectivity index (χ0n) is 7.81. The Balaban J connectivity index is 3.70. The van der Waals surface area contributed by atoms with Crippen molar-refractivity contribution in [2.75, 3.05) is 33.7 Å². The highest BCUT2D eigenvalue weighted by Gasteiger charge is 2.26. The SMILES string of the molecule is CN(C)CC(=O)NCC(F)(F)CN. The molecule has 1 amide bonds. The second kappa shape index (κ2) is 5.08. The molecule has 0 aliphatic heterocycles. The molecule has 13 heavy (non-hydrogen) atoms. The van der Waals surface area contributed by atoms with Crippen molar-refractivity contribution >= 4 is 5.91 Å². The first-order chi connectivity index (χ1) is 5.87. The third-order valence-electron chi connectivity index (χ3n) is 1.30. The smallest absolute Gasteiger partial charge is 0.277 e. The van der Waals surface area contributed by atoms with Crippen molar-refractivity contribution in [1.82, 2.24) is 10.2 Å². The number of hydrogen-bond donors (Lipinski definition) is 2. The summed E-state index contributed by atoms with van der Waals surface area (Å²) in [5.74, 6) is -3.44. The number of nitrogens with one attached hydrogen (secondary N) is 1. The van der Waals surface area contributed by atoms with Gasteiger partial charge in [0, 0.05) is 0 Å². The van der Waals surface area contributed by atoms with E-state index < -0.39 is 24.9 Å². The minimum Gasteiger partial charge on any atom is -0.349 e. The largest absolute Gasteiger partial charge is 0.349 e. The number of rotatable bonds is 5. The van der Waals surface area contributed by atoms with Gasteiger partial charge in [0.25, 0.3) is 5.92 Å². The number of alkyl halides is 2. The fraction of sp³-hybridized carbons (Fsp3) is 0.857. The number of amides is 1. The Hall–Kier alpha value is -0.750. The highest BCUT2D eigenvalue weighted by atomic mass is 19.3. The van der Waals surface area contributed by atoms with Gasteiger partial charge in [0.1, 0.15) is 0 Å². The molecule has 0 spiro atoms. The van der Waals surface area contributed by atoms with Gasteiger partial charge in [-0.1, -0.05) is 0 Å². The first-order valence-electron chi connectivity index (χ1n) is 3.87. The highest BCUT2D eigenvalue weighted by Crippen LogP contribution is 2.08. The normalized spacial score (nSPS) is 11.8. The van der Waals surface area contributed by atoms with Crippen molar-refractivity contribution in [2.24, 2.45) is 5.73 Å². The van der Waals surface area contributed by atoms with E-state index in [4.69, 9.17) is 5.73 Å². The summed E-state index contributed by atoms with van der Waals surface area (Å²) in [6.07, 6.45) is 0. The van der Waals surface area contributed by atoms with E-state index in [9.17, 15) is 13.6 Å². The van der Waals surface area contributed by atoms with Gasteiger partial charge in [-0.3, -0.25) is 4.79 Å². The van der Waals surface area contributed by atoms with E-state index in [1.54, 1.807) is 19.0 Å². The summed E-state index contributed by atoms with van der Waals surface area (Å²) in [6, 6.07) is 0. The number of carbonyl (C=O) groups excluding carboxylic acids is 1. The van der Waals surface area contributed by atoms with E-state index in [0.717, 1.165) is 0 Å². The van der Waals surface area contributed by atoms with Gasteiger partial charge in [0.05, 0.1) is 19.6 Å². The third kappa shape index (κ3) is 6.41. The molecule has 0 aliphatic rings. The molecule has 0 heterocycles. The zero-order chi connectivity index (χ0) is 10.5. The lowest BCUT2D eigenvalue weighted by Crippen LogP contribution is -2.44. The highest BCUT2D eigenvalue weighted by molar-refractivity contribution is 5.77. The third-order valence-corrected chi connectivity index (χ3v) is 1.30. The fourth-order valence-corrected chi connectivity index (χ4v) is 0.643. The molecule has 3 N–H and O–H groups in total. The molecule has 0 atom stereocenters. The summed E-state index contributed by atoms with van der Waals surface area (Å²) in [4.78, 5) is 12.5. The average molecular weight is 195 g/mol. The number of halogens is 2. The number of likely N-dealkylation sites (N-methyl/N-ethyl adjacent to an activating group) is 1. The standard InChI is InChI=1S/C7H15F2N3O/c1-12(2)3-6(13)11-5-7(8,9)4-10/h3-5,10H2,1-2H3,(H,11,13). The van der Waals surface area contributed by atoms with E-state index in [1.165, 1.54) is 0 Å². The molecule has 0 radical (unpaired) electrons. The Morgan fingerprint density at radius 1 is 1.54 bits per heavy atom. The maximum atomic E-state index is 12.5. The predicted octanol–water partition coefficient (Wildman–Crippen LogP) is -0.742. The van der Waals surface area contributed by atoms with E-state index in [-0.39, 0.29) is 6.54 Å². The Bertz CT molecular complexity index is 173. The van der Waals surface area contributed by atoms with E-state index >= 15 is 0 Å². The van der Waals surface area contributed by atoms with Crippen LogP contribution in [0.5, 0.6) is 0 Å². The quantitative estimate of drug-likeness (QED) is 0.607. The summed E-state index contributed by atoms with van der Waals surface area (Å²) in [6.45, 7) is -1.36. The van der Waals surface area contributed by atoms with Crippen LogP contribution in [0.4, 0.5) is 8.78 Å². The molecule has 6 heteroatoms. The van der Waals surface area contributed by atoms with Crippen molar-refractivity contribution < 1.29 is 13.6 Å². The van der Waals surface area contributed by atoms with Gasteiger partial charge in [0.15, 0.2) is 0 Å². The van der Waals surface area contributed by atoms with Crippen LogP contribution in [0.25, 0.3) is 0 Å². The fourth-order valence-electron chi connectivity index (χ4n) is 0.643. The molecule has 0 aliphatic carbocycles. The van der Waals surface area contributed by atoms with Crippen LogP contribution in [-0.2, 0) is 4.79 Å². The van der Waals surface area contributed by atoms with E-state index in [0.29, 0.717) is 0 Å². The molecule has 0 aromatic heterocycles. The summed E-state index contributed by atoms with van der Waals surface area (Å²) in [5, 5.41) is 2.09.